The van der Waals surface area contributed by atoms with Crippen molar-refractivity contribution in [3.63, 3.8) is 0 Å². The molecule has 0 aliphatic rings. The first-order valence-electron chi connectivity index (χ1n) is 8.01. The van der Waals surface area contributed by atoms with E-state index in [0.717, 1.165) is 5.56 Å². The molecule has 0 aromatic heterocycles. The number of hydrogen-bond acceptors (Lipinski definition) is 3. The summed E-state index contributed by atoms with van der Waals surface area (Å²) in [5.74, 6) is -1.48. The van der Waals surface area contributed by atoms with Crippen molar-refractivity contribution in [3.8, 4) is 0 Å². The van der Waals surface area contributed by atoms with Gasteiger partial charge in [0.05, 0.1) is 0 Å². The average Bonchev–Trinajstić information content (AvgIpc) is 2.56. The summed E-state index contributed by atoms with van der Waals surface area (Å²) >= 11 is 0. The molecule has 0 unspecified atom stereocenters. The number of carbonyl (C=O) groups excluding carboxylic acids is 2. The van der Waals surface area contributed by atoms with Gasteiger partial charge in [0.25, 0.3) is 0 Å². The first-order chi connectivity index (χ1) is 11.7. The molecule has 0 saturated carbocycles. The number of rotatable bonds is 5. The summed E-state index contributed by atoms with van der Waals surface area (Å²) in [6.07, 6.45) is 0. The minimum Gasteiger partial charge on any atom is -0.460 e. The average molecular weight is 343 g/mol. The van der Waals surface area contributed by atoms with Crippen LogP contribution in [0.2, 0.25) is 0 Å². The molecule has 0 fully saturated rings. The van der Waals surface area contributed by atoms with Gasteiger partial charge in [0, 0.05) is 5.69 Å². The molecule has 25 heavy (non-hydrogen) atoms. The zero-order chi connectivity index (χ0) is 18.6. The molecular formula is C20H22FNO3. The van der Waals surface area contributed by atoms with Gasteiger partial charge < -0.3 is 10.1 Å². The van der Waals surface area contributed by atoms with E-state index in [2.05, 4.69) is 5.32 Å². The van der Waals surface area contributed by atoms with Crippen LogP contribution in [0.25, 0.3) is 0 Å². The Kier molecular flexibility index (Phi) is 5.57. The van der Waals surface area contributed by atoms with Crippen molar-refractivity contribution >= 4 is 17.6 Å². The van der Waals surface area contributed by atoms with Crippen molar-refractivity contribution in [2.75, 3.05) is 5.32 Å². The molecule has 1 amide bonds. The Morgan fingerprint density at radius 3 is 2.20 bits per heavy atom. The van der Waals surface area contributed by atoms with Crippen molar-refractivity contribution in [3.05, 3.63) is 65.0 Å². The number of ether oxygens (including phenoxy) is 1. The summed E-state index contributed by atoms with van der Waals surface area (Å²) in [7, 11) is 0. The normalized spacial score (nSPS) is 11.1. The monoisotopic (exact) mass is 343 g/mol. The fraction of sp³-hybridized carbons (Fsp3) is 0.300. The van der Waals surface area contributed by atoms with E-state index in [0.29, 0.717) is 16.8 Å². The predicted molar refractivity (Wildman–Crippen MR) is 94.5 cm³/mol. The molecule has 0 spiro atoms. The van der Waals surface area contributed by atoms with Crippen LogP contribution in [0.5, 0.6) is 0 Å². The van der Waals surface area contributed by atoms with Crippen molar-refractivity contribution in [2.24, 2.45) is 5.41 Å². The lowest BCUT2D eigenvalue weighted by Crippen LogP contribution is -2.39. The number of benzene rings is 2. The lowest BCUT2D eigenvalue weighted by molar-refractivity contribution is -0.158. The van der Waals surface area contributed by atoms with Crippen molar-refractivity contribution in [2.45, 2.75) is 34.3 Å². The largest absolute Gasteiger partial charge is 0.460 e. The van der Waals surface area contributed by atoms with E-state index in [-0.39, 0.29) is 12.4 Å². The number of nitrogens with one attached hydrogen (secondary N) is 1. The minimum atomic E-state index is -1.37. The van der Waals surface area contributed by atoms with E-state index in [1.807, 2.05) is 30.3 Å². The minimum absolute atomic E-state index is 0.102. The highest BCUT2D eigenvalue weighted by atomic mass is 19.1. The number of aryl methyl sites for hydroxylation is 2. The van der Waals surface area contributed by atoms with Crippen LogP contribution >= 0.6 is 0 Å². The third-order valence-corrected chi connectivity index (χ3v) is 4.03. The topological polar surface area (TPSA) is 55.4 Å². The van der Waals surface area contributed by atoms with Gasteiger partial charge in [-0.3, -0.25) is 9.59 Å². The van der Waals surface area contributed by atoms with E-state index in [4.69, 9.17) is 4.74 Å². The van der Waals surface area contributed by atoms with Crippen LogP contribution in [0.15, 0.2) is 42.5 Å². The third kappa shape index (κ3) is 4.44. The summed E-state index contributed by atoms with van der Waals surface area (Å²) in [6, 6.07) is 11.9. The Balaban J connectivity index is 2.07. The maximum atomic E-state index is 13.4. The van der Waals surface area contributed by atoms with Crippen LogP contribution in [0, 0.1) is 25.1 Å². The summed E-state index contributed by atoms with van der Waals surface area (Å²) in [5, 5.41) is 2.72. The van der Waals surface area contributed by atoms with Crippen LogP contribution in [0.4, 0.5) is 10.1 Å². The van der Waals surface area contributed by atoms with Gasteiger partial charge in [-0.15, -0.1) is 0 Å². The van der Waals surface area contributed by atoms with E-state index >= 15 is 0 Å². The van der Waals surface area contributed by atoms with Crippen LogP contribution in [0.3, 0.4) is 0 Å². The Morgan fingerprint density at radius 1 is 1.08 bits per heavy atom. The van der Waals surface area contributed by atoms with Crippen molar-refractivity contribution < 1.29 is 18.7 Å². The molecule has 4 nitrogen and oxygen atoms in total. The molecule has 2 rings (SSSR count). The summed E-state index contributed by atoms with van der Waals surface area (Å²) in [5.41, 5.74) is 1.17. The number of anilines is 1. The Morgan fingerprint density at radius 2 is 1.64 bits per heavy atom. The van der Waals surface area contributed by atoms with Gasteiger partial charge in [-0.05, 0) is 56.5 Å². The third-order valence-electron chi connectivity index (χ3n) is 4.03. The Hall–Kier alpha value is -2.69. The number of halogens is 1. The lowest BCUT2D eigenvalue weighted by Gasteiger charge is -2.23. The number of carbonyl (C=O) groups is 2. The molecule has 0 aliphatic heterocycles. The predicted octanol–water partition coefficient (Wildman–Crippen LogP) is 4.15. The maximum Gasteiger partial charge on any atom is 0.321 e. The SMILES string of the molecule is Cc1cc(F)cc(C)c1NC(=O)C(C)(C)C(=O)OCc1ccccc1. The number of esters is 1. The second-order valence-electron chi connectivity index (χ2n) is 6.56. The van der Waals surface area contributed by atoms with E-state index in [1.165, 1.54) is 26.0 Å². The zero-order valence-electron chi connectivity index (χ0n) is 14.9. The van der Waals surface area contributed by atoms with Gasteiger partial charge in [0.2, 0.25) is 5.91 Å². The first-order valence-corrected chi connectivity index (χ1v) is 8.01. The molecular weight excluding hydrogens is 321 g/mol. The second kappa shape index (κ2) is 7.47. The van der Waals surface area contributed by atoms with Crippen LogP contribution < -0.4 is 5.32 Å². The molecule has 0 aliphatic carbocycles. The smallest absolute Gasteiger partial charge is 0.321 e. The van der Waals surface area contributed by atoms with E-state index in [1.54, 1.807) is 13.8 Å². The first kappa shape index (κ1) is 18.6. The highest BCUT2D eigenvalue weighted by molar-refractivity contribution is 6.08. The Labute approximate surface area is 147 Å². The molecule has 132 valence electrons. The standard InChI is InChI=1S/C20H22FNO3/c1-13-10-16(21)11-14(2)17(13)22-18(23)20(3,4)19(24)25-12-15-8-6-5-7-9-15/h5-11H,12H2,1-4H3,(H,22,23). The quantitative estimate of drug-likeness (QED) is 0.655. The second-order valence-corrected chi connectivity index (χ2v) is 6.56. The molecule has 1 N–H and O–H groups in total. The van der Waals surface area contributed by atoms with Gasteiger partial charge in [-0.1, -0.05) is 30.3 Å². The van der Waals surface area contributed by atoms with E-state index in [9.17, 15) is 14.0 Å². The van der Waals surface area contributed by atoms with Gasteiger partial charge in [-0.25, -0.2) is 4.39 Å². The fourth-order valence-corrected chi connectivity index (χ4v) is 2.37. The van der Waals surface area contributed by atoms with Gasteiger partial charge in [0.15, 0.2) is 0 Å². The highest BCUT2D eigenvalue weighted by Gasteiger charge is 2.38. The molecule has 0 saturated heterocycles. The fourth-order valence-electron chi connectivity index (χ4n) is 2.37. The summed E-state index contributed by atoms with van der Waals surface area (Å²) in [6.45, 7) is 6.51. The maximum absolute atomic E-state index is 13.4. The number of hydrogen-bond donors (Lipinski definition) is 1. The van der Waals surface area contributed by atoms with Gasteiger partial charge in [0.1, 0.15) is 17.8 Å². The lowest BCUT2D eigenvalue weighted by atomic mass is 9.92. The van der Waals surface area contributed by atoms with Gasteiger partial charge >= 0.3 is 5.97 Å². The molecule has 5 heteroatoms. The summed E-state index contributed by atoms with van der Waals surface area (Å²) in [4.78, 5) is 24.9. The molecule has 0 heterocycles. The highest BCUT2D eigenvalue weighted by Crippen LogP contribution is 2.26. The van der Waals surface area contributed by atoms with Crippen molar-refractivity contribution in [1.82, 2.24) is 0 Å². The van der Waals surface area contributed by atoms with Crippen LogP contribution in [0.1, 0.15) is 30.5 Å². The molecule has 2 aromatic rings. The van der Waals surface area contributed by atoms with Crippen LogP contribution in [-0.4, -0.2) is 11.9 Å². The Bertz CT molecular complexity index is 762. The molecule has 0 radical (unpaired) electrons. The molecule has 0 atom stereocenters. The van der Waals surface area contributed by atoms with Gasteiger partial charge in [-0.2, -0.15) is 0 Å². The van der Waals surface area contributed by atoms with E-state index < -0.39 is 17.3 Å². The summed E-state index contributed by atoms with van der Waals surface area (Å²) < 4.78 is 18.7. The van der Waals surface area contributed by atoms with Crippen LogP contribution in [-0.2, 0) is 20.9 Å². The molecule has 0 bridgehead atoms. The molecule has 2 aromatic carbocycles. The zero-order valence-corrected chi connectivity index (χ0v) is 14.9. The van der Waals surface area contributed by atoms with Crippen molar-refractivity contribution in [1.29, 1.82) is 0 Å². The number of amides is 1.